The lowest BCUT2D eigenvalue weighted by Gasteiger charge is -2.21. The fourth-order valence-electron chi connectivity index (χ4n) is 1.77. The topological polar surface area (TPSA) is 48.7 Å². The summed E-state index contributed by atoms with van der Waals surface area (Å²) in [5, 5.41) is 0. The number of hydrogen-bond donors (Lipinski definition) is 0. The van der Waals surface area contributed by atoms with Crippen molar-refractivity contribution in [2.75, 3.05) is 13.2 Å². The van der Waals surface area contributed by atoms with Gasteiger partial charge < -0.3 is 13.9 Å². The van der Waals surface area contributed by atoms with Gasteiger partial charge in [0.15, 0.2) is 12.0 Å². The second kappa shape index (κ2) is 5.82. The van der Waals surface area contributed by atoms with E-state index in [0.717, 1.165) is 19.4 Å². The van der Waals surface area contributed by atoms with E-state index in [1.54, 1.807) is 12.1 Å². The Morgan fingerprint density at radius 2 is 2.38 bits per heavy atom. The maximum atomic E-state index is 10.4. The molecule has 0 spiro atoms. The van der Waals surface area contributed by atoms with Crippen LogP contribution in [0.2, 0.25) is 0 Å². The lowest BCUT2D eigenvalue weighted by molar-refractivity contribution is -0.0472. The van der Waals surface area contributed by atoms with Crippen LogP contribution in [0.1, 0.15) is 35.6 Å². The Bertz CT molecular complexity index is 326. The standard InChI is InChI=1S/C12H16O4/c13-7-10-4-5-12(16-10)9-14-8-11-3-1-2-6-15-11/h4-5,7,11H,1-3,6,8-9H2. The van der Waals surface area contributed by atoms with E-state index in [2.05, 4.69) is 0 Å². The van der Waals surface area contributed by atoms with Crippen molar-refractivity contribution in [2.24, 2.45) is 0 Å². The SMILES string of the molecule is O=Cc1ccc(COCC2CCCCO2)o1. The maximum Gasteiger partial charge on any atom is 0.185 e. The van der Waals surface area contributed by atoms with Crippen molar-refractivity contribution in [2.45, 2.75) is 32.0 Å². The number of rotatable bonds is 5. The van der Waals surface area contributed by atoms with E-state index >= 15 is 0 Å². The summed E-state index contributed by atoms with van der Waals surface area (Å²) in [6.45, 7) is 1.83. The molecule has 16 heavy (non-hydrogen) atoms. The summed E-state index contributed by atoms with van der Waals surface area (Å²) in [6.07, 6.45) is 4.33. The van der Waals surface area contributed by atoms with Gasteiger partial charge in [-0.05, 0) is 31.4 Å². The van der Waals surface area contributed by atoms with Crippen LogP contribution < -0.4 is 0 Å². The normalized spacial score (nSPS) is 20.9. The molecule has 2 heterocycles. The van der Waals surface area contributed by atoms with Gasteiger partial charge in [-0.1, -0.05) is 0 Å². The molecule has 0 N–H and O–H groups in total. The number of carbonyl (C=O) groups is 1. The third-order valence-corrected chi connectivity index (χ3v) is 2.62. The predicted molar refractivity (Wildman–Crippen MR) is 57.3 cm³/mol. The minimum Gasteiger partial charge on any atom is -0.456 e. The highest BCUT2D eigenvalue weighted by Gasteiger charge is 2.13. The summed E-state index contributed by atoms with van der Waals surface area (Å²) in [7, 11) is 0. The van der Waals surface area contributed by atoms with Gasteiger partial charge in [0.25, 0.3) is 0 Å². The maximum absolute atomic E-state index is 10.4. The molecule has 0 radical (unpaired) electrons. The van der Waals surface area contributed by atoms with E-state index < -0.39 is 0 Å². The van der Waals surface area contributed by atoms with Crippen molar-refractivity contribution in [1.29, 1.82) is 0 Å². The second-order valence-electron chi connectivity index (χ2n) is 3.93. The highest BCUT2D eigenvalue weighted by Crippen LogP contribution is 2.14. The Balaban J connectivity index is 1.68. The zero-order valence-corrected chi connectivity index (χ0v) is 9.19. The molecule has 0 saturated carbocycles. The fraction of sp³-hybridized carbons (Fsp3) is 0.583. The molecule has 1 saturated heterocycles. The van der Waals surface area contributed by atoms with E-state index in [9.17, 15) is 4.79 Å². The smallest absolute Gasteiger partial charge is 0.185 e. The Labute approximate surface area is 94.5 Å². The van der Waals surface area contributed by atoms with Crippen molar-refractivity contribution in [3.63, 3.8) is 0 Å². The summed E-state index contributed by atoms with van der Waals surface area (Å²) in [5.74, 6) is 1.02. The van der Waals surface area contributed by atoms with Crippen LogP contribution in [0, 0.1) is 0 Å². The molecule has 1 aromatic rings. The molecule has 4 heteroatoms. The third-order valence-electron chi connectivity index (χ3n) is 2.62. The van der Waals surface area contributed by atoms with Gasteiger partial charge in [-0.2, -0.15) is 0 Å². The second-order valence-corrected chi connectivity index (χ2v) is 3.93. The van der Waals surface area contributed by atoms with E-state index in [0.29, 0.717) is 31.0 Å². The molecule has 1 unspecified atom stereocenters. The van der Waals surface area contributed by atoms with Gasteiger partial charge in [0.2, 0.25) is 0 Å². The minimum absolute atomic E-state index is 0.217. The molecule has 1 aliphatic rings. The highest BCUT2D eigenvalue weighted by molar-refractivity contribution is 5.70. The van der Waals surface area contributed by atoms with Crippen LogP contribution in [0.25, 0.3) is 0 Å². The van der Waals surface area contributed by atoms with Gasteiger partial charge in [0.1, 0.15) is 12.4 Å². The minimum atomic E-state index is 0.217. The average Bonchev–Trinajstić information content (AvgIpc) is 2.78. The largest absolute Gasteiger partial charge is 0.456 e. The first kappa shape index (κ1) is 11.4. The summed E-state index contributed by atoms with van der Waals surface area (Å²) in [4.78, 5) is 10.4. The van der Waals surface area contributed by atoms with Crippen molar-refractivity contribution in [1.82, 2.24) is 0 Å². The van der Waals surface area contributed by atoms with Gasteiger partial charge in [-0.15, -0.1) is 0 Å². The lowest BCUT2D eigenvalue weighted by atomic mass is 10.1. The number of hydrogen-bond acceptors (Lipinski definition) is 4. The van der Waals surface area contributed by atoms with Crippen LogP contribution in [0.15, 0.2) is 16.5 Å². The molecule has 1 atom stereocenters. The van der Waals surface area contributed by atoms with Crippen LogP contribution in [-0.2, 0) is 16.1 Å². The molecule has 1 fully saturated rings. The highest BCUT2D eigenvalue weighted by atomic mass is 16.5. The van der Waals surface area contributed by atoms with Crippen molar-refractivity contribution < 1.29 is 18.7 Å². The predicted octanol–water partition coefficient (Wildman–Crippen LogP) is 2.18. The van der Waals surface area contributed by atoms with Gasteiger partial charge in [0, 0.05) is 6.61 Å². The van der Waals surface area contributed by atoms with Crippen molar-refractivity contribution >= 4 is 6.29 Å². The molecule has 0 aliphatic carbocycles. The molecular weight excluding hydrogens is 208 g/mol. The molecule has 1 aliphatic heterocycles. The van der Waals surface area contributed by atoms with Gasteiger partial charge >= 0.3 is 0 Å². The van der Waals surface area contributed by atoms with Crippen molar-refractivity contribution in [3.05, 3.63) is 23.7 Å². The van der Waals surface area contributed by atoms with Crippen LogP contribution in [0.4, 0.5) is 0 Å². The van der Waals surface area contributed by atoms with Crippen LogP contribution in [-0.4, -0.2) is 25.6 Å². The molecule has 1 aromatic heterocycles. The monoisotopic (exact) mass is 224 g/mol. The van der Waals surface area contributed by atoms with E-state index in [4.69, 9.17) is 13.9 Å². The molecule has 0 amide bonds. The average molecular weight is 224 g/mol. The molecular formula is C12H16O4. The van der Waals surface area contributed by atoms with Crippen LogP contribution in [0.3, 0.4) is 0 Å². The van der Waals surface area contributed by atoms with Crippen LogP contribution >= 0.6 is 0 Å². The molecule has 0 bridgehead atoms. The first-order valence-corrected chi connectivity index (χ1v) is 5.62. The quantitative estimate of drug-likeness (QED) is 0.719. The first-order valence-electron chi connectivity index (χ1n) is 5.62. The fourth-order valence-corrected chi connectivity index (χ4v) is 1.77. The Morgan fingerprint density at radius 1 is 1.44 bits per heavy atom. The van der Waals surface area contributed by atoms with E-state index in [1.165, 1.54) is 6.42 Å². The lowest BCUT2D eigenvalue weighted by Crippen LogP contribution is -2.24. The van der Waals surface area contributed by atoms with E-state index in [1.807, 2.05) is 0 Å². The molecule has 0 aromatic carbocycles. The van der Waals surface area contributed by atoms with Gasteiger partial charge in [0.05, 0.1) is 12.7 Å². The number of furan rings is 1. The molecule has 2 rings (SSSR count). The van der Waals surface area contributed by atoms with E-state index in [-0.39, 0.29) is 6.10 Å². The molecule has 4 nitrogen and oxygen atoms in total. The Kier molecular flexibility index (Phi) is 4.13. The van der Waals surface area contributed by atoms with Gasteiger partial charge in [-0.3, -0.25) is 4.79 Å². The third kappa shape index (κ3) is 3.18. The van der Waals surface area contributed by atoms with Gasteiger partial charge in [-0.25, -0.2) is 0 Å². The number of carbonyl (C=O) groups excluding carboxylic acids is 1. The van der Waals surface area contributed by atoms with Crippen molar-refractivity contribution in [3.8, 4) is 0 Å². The summed E-state index contributed by atoms with van der Waals surface area (Å²) in [6, 6.07) is 3.40. The zero-order chi connectivity index (χ0) is 11.2. The summed E-state index contributed by atoms with van der Waals surface area (Å²) >= 11 is 0. The molecule has 88 valence electrons. The first-order chi connectivity index (χ1) is 7.88. The summed E-state index contributed by atoms with van der Waals surface area (Å²) in [5.41, 5.74) is 0. The number of ether oxygens (including phenoxy) is 2. The Hall–Kier alpha value is -1.13. The summed E-state index contributed by atoms with van der Waals surface area (Å²) < 4.78 is 16.2. The Morgan fingerprint density at radius 3 is 3.06 bits per heavy atom. The zero-order valence-electron chi connectivity index (χ0n) is 9.19. The number of aldehydes is 1. The van der Waals surface area contributed by atoms with Crippen LogP contribution in [0.5, 0.6) is 0 Å².